The van der Waals surface area contributed by atoms with Crippen LogP contribution in [0.4, 0.5) is 0 Å². The molecule has 0 aliphatic heterocycles. The van der Waals surface area contributed by atoms with Gasteiger partial charge in [0, 0.05) is 19.3 Å². The van der Waals surface area contributed by atoms with Gasteiger partial charge >= 0.3 is 17.9 Å². The number of allylic oxidation sites excluding steroid dienone is 10. The Morgan fingerprint density at radius 3 is 1.13 bits per heavy atom. The average molecular weight is 755 g/mol. The second kappa shape index (κ2) is 42.8. The summed E-state index contributed by atoms with van der Waals surface area (Å²) in [5.74, 6) is -0.916. The topological polar surface area (TPSA) is 78.9 Å². The van der Waals surface area contributed by atoms with E-state index in [1.807, 2.05) is 0 Å². The molecule has 0 N–H and O–H groups in total. The maximum atomic E-state index is 12.6. The molecule has 1 atom stereocenters. The van der Waals surface area contributed by atoms with E-state index in [0.717, 1.165) is 109 Å². The van der Waals surface area contributed by atoms with Gasteiger partial charge in [-0.2, -0.15) is 0 Å². The Morgan fingerprint density at radius 1 is 0.389 bits per heavy atom. The van der Waals surface area contributed by atoms with Crippen molar-refractivity contribution in [2.75, 3.05) is 13.2 Å². The molecular formula is C48H82O6. The molecule has 1 unspecified atom stereocenters. The predicted molar refractivity (Wildman–Crippen MR) is 228 cm³/mol. The van der Waals surface area contributed by atoms with E-state index in [2.05, 4.69) is 81.5 Å². The molecule has 0 aliphatic carbocycles. The lowest BCUT2D eigenvalue weighted by Gasteiger charge is -2.18. The van der Waals surface area contributed by atoms with Gasteiger partial charge in [-0.15, -0.1) is 0 Å². The molecule has 0 aromatic carbocycles. The van der Waals surface area contributed by atoms with Gasteiger partial charge < -0.3 is 14.2 Å². The zero-order valence-electron chi connectivity index (χ0n) is 35.2. The third-order valence-corrected chi connectivity index (χ3v) is 9.29. The van der Waals surface area contributed by atoms with Crippen LogP contribution in [0.5, 0.6) is 0 Å². The van der Waals surface area contributed by atoms with Crippen LogP contribution in [-0.4, -0.2) is 37.2 Å². The summed E-state index contributed by atoms with van der Waals surface area (Å²) in [5, 5.41) is 0. The highest BCUT2D eigenvalue weighted by Gasteiger charge is 2.19. The average Bonchev–Trinajstić information content (AvgIpc) is 3.17. The molecule has 0 aromatic rings. The van der Waals surface area contributed by atoms with Gasteiger partial charge in [-0.05, 0) is 64.2 Å². The van der Waals surface area contributed by atoms with Gasteiger partial charge in [0.05, 0.1) is 0 Å². The fourth-order valence-electron chi connectivity index (χ4n) is 5.94. The van der Waals surface area contributed by atoms with E-state index in [0.29, 0.717) is 19.3 Å². The minimum atomic E-state index is -0.774. The number of hydrogen-bond donors (Lipinski definition) is 0. The van der Waals surface area contributed by atoms with Crippen molar-refractivity contribution in [3.8, 4) is 0 Å². The van der Waals surface area contributed by atoms with Crippen molar-refractivity contribution < 1.29 is 28.6 Å². The molecule has 0 saturated carbocycles. The third-order valence-electron chi connectivity index (χ3n) is 9.29. The first-order chi connectivity index (χ1) is 26.5. The molecule has 0 amide bonds. The van der Waals surface area contributed by atoms with E-state index < -0.39 is 6.10 Å². The maximum Gasteiger partial charge on any atom is 0.306 e. The Bertz CT molecular complexity index is 1010. The van der Waals surface area contributed by atoms with Crippen LogP contribution >= 0.6 is 0 Å². The van der Waals surface area contributed by atoms with E-state index in [1.165, 1.54) is 57.8 Å². The van der Waals surface area contributed by atoms with Crippen LogP contribution in [0.15, 0.2) is 60.8 Å². The minimum absolute atomic E-state index is 0.0800. The number of unbranched alkanes of at least 4 members (excludes halogenated alkanes) is 18. The molecule has 6 heteroatoms. The number of esters is 3. The van der Waals surface area contributed by atoms with Crippen molar-refractivity contribution in [2.24, 2.45) is 0 Å². The fourth-order valence-corrected chi connectivity index (χ4v) is 5.94. The lowest BCUT2D eigenvalue weighted by Crippen LogP contribution is -2.30. The highest BCUT2D eigenvalue weighted by Crippen LogP contribution is 2.13. The van der Waals surface area contributed by atoms with Crippen molar-refractivity contribution in [1.29, 1.82) is 0 Å². The molecule has 0 heterocycles. The van der Waals surface area contributed by atoms with Crippen LogP contribution in [0.3, 0.4) is 0 Å². The van der Waals surface area contributed by atoms with Gasteiger partial charge in [-0.1, -0.05) is 184 Å². The van der Waals surface area contributed by atoms with Gasteiger partial charge in [0.2, 0.25) is 0 Å². The van der Waals surface area contributed by atoms with Crippen LogP contribution in [0, 0.1) is 0 Å². The molecule has 0 saturated heterocycles. The summed E-state index contributed by atoms with van der Waals surface area (Å²) in [5.41, 5.74) is 0. The van der Waals surface area contributed by atoms with Crippen molar-refractivity contribution >= 4 is 17.9 Å². The summed E-state index contributed by atoms with van der Waals surface area (Å²) in [6.07, 6.45) is 50.8. The van der Waals surface area contributed by atoms with E-state index >= 15 is 0 Å². The van der Waals surface area contributed by atoms with E-state index in [9.17, 15) is 14.4 Å². The minimum Gasteiger partial charge on any atom is -0.462 e. The van der Waals surface area contributed by atoms with Crippen molar-refractivity contribution in [1.82, 2.24) is 0 Å². The molecule has 0 rings (SSSR count). The molecule has 0 aromatic heterocycles. The van der Waals surface area contributed by atoms with Gasteiger partial charge in [0.25, 0.3) is 0 Å². The van der Waals surface area contributed by atoms with Gasteiger partial charge in [-0.25, -0.2) is 0 Å². The molecule has 0 fully saturated rings. The van der Waals surface area contributed by atoms with Crippen LogP contribution < -0.4 is 0 Å². The summed E-state index contributed by atoms with van der Waals surface area (Å²) < 4.78 is 16.6. The van der Waals surface area contributed by atoms with E-state index in [1.54, 1.807) is 0 Å². The molecule has 54 heavy (non-hydrogen) atoms. The van der Waals surface area contributed by atoms with Crippen LogP contribution in [0.1, 0.15) is 207 Å². The first kappa shape index (κ1) is 51.1. The van der Waals surface area contributed by atoms with Crippen molar-refractivity contribution in [3.63, 3.8) is 0 Å². The Labute approximate surface area is 332 Å². The Balaban J connectivity index is 4.23. The van der Waals surface area contributed by atoms with Crippen molar-refractivity contribution in [2.45, 2.75) is 213 Å². The Morgan fingerprint density at radius 2 is 0.722 bits per heavy atom. The summed E-state index contributed by atoms with van der Waals surface area (Å²) in [7, 11) is 0. The predicted octanol–water partition coefficient (Wildman–Crippen LogP) is 14.1. The molecule has 0 radical (unpaired) electrons. The van der Waals surface area contributed by atoms with Crippen LogP contribution in [-0.2, 0) is 28.6 Å². The molecular weight excluding hydrogens is 673 g/mol. The monoisotopic (exact) mass is 755 g/mol. The van der Waals surface area contributed by atoms with Gasteiger partial charge in [0.1, 0.15) is 13.2 Å². The highest BCUT2D eigenvalue weighted by molar-refractivity contribution is 5.71. The summed E-state index contributed by atoms with van der Waals surface area (Å²) in [4.78, 5) is 37.4. The SMILES string of the molecule is CC/C=C\C/C=C\C/C=C\C/C=C\C/C=C\CCCCCCCC(=O)OCC(COC(=O)CCCCCCCC)OC(=O)CCCCCCCCCCC. The largest absolute Gasteiger partial charge is 0.462 e. The number of carbonyl (C=O) groups is 3. The zero-order chi connectivity index (χ0) is 39.4. The number of rotatable bonds is 39. The van der Waals surface area contributed by atoms with Crippen LogP contribution in [0.25, 0.3) is 0 Å². The lowest BCUT2D eigenvalue weighted by atomic mass is 10.1. The van der Waals surface area contributed by atoms with Gasteiger partial charge in [-0.3, -0.25) is 14.4 Å². The second-order valence-corrected chi connectivity index (χ2v) is 14.6. The standard InChI is InChI=1S/C48H82O6/c1-4-7-10-13-16-18-19-20-21-22-23-24-25-26-27-28-29-31-32-35-38-41-47(50)53-44-45(43-52-46(49)40-37-34-15-12-9-6-3)54-48(51)42-39-36-33-30-17-14-11-8-5-2/h7,10,16,18,20-21,23-24,26-27,45H,4-6,8-9,11-15,17,19,22,25,28-44H2,1-3H3/b10-7-,18-16-,21-20-,24-23-,27-26-. The molecule has 0 spiro atoms. The summed E-state index contributed by atoms with van der Waals surface area (Å²) in [6.45, 7) is 6.41. The molecule has 0 bridgehead atoms. The second-order valence-electron chi connectivity index (χ2n) is 14.6. The number of hydrogen-bond acceptors (Lipinski definition) is 6. The molecule has 0 aliphatic rings. The van der Waals surface area contributed by atoms with Gasteiger partial charge in [0.15, 0.2) is 6.10 Å². The van der Waals surface area contributed by atoms with Crippen molar-refractivity contribution in [3.05, 3.63) is 60.8 Å². The van der Waals surface area contributed by atoms with E-state index in [-0.39, 0.29) is 31.1 Å². The smallest absolute Gasteiger partial charge is 0.306 e. The highest BCUT2D eigenvalue weighted by atomic mass is 16.6. The quantitative estimate of drug-likeness (QED) is 0.0269. The third kappa shape index (κ3) is 40.3. The normalized spacial score (nSPS) is 12.6. The Hall–Kier alpha value is -2.89. The maximum absolute atomic E-state index is 12.6. The summed E-state index contributed by atoms with van der Waals surface area (Å²) >= 11 is 0. The number of ether oxygens (including phenoxy) is 3. The fraction of sp³-hybridized carbons (Fsp3) is 0.729. The first-order valence-corrected chi connectivity index (χ1v) is 22.3. The number of carbonyl (C=O) groups excluding carboxylic acids is 3. The lowest BCUT2D eigenvalue weighted by molar-refractivity contribution is -0.167. The summed E-state index contributed by atoms with van der Waals surface area (Å²) in [6, 6.07) is 0. The molecule has 6 nitrogen and oxygen atoms in total. The van der Waals surface area contributed by atoms with E-state index in [4.69, 9.17) is 14.2 Å². The first-order valence-electron chi connectivity index (χ1n) is 22.3. The molecule has 310 valence electrons. The van der Waals surface area contributed by atoms with Crippen LogP contribution in [0.2, 0.25) is 0 Å². The Kier molecular flexibility index (Phi) is 40.6. The zero-order valence-corrected chi connectivity index (χ0v) is 35.2.